The number of halogens is 1. The molecule has 0 aliphatic carbocycles. The van der Waals surface area contributed by atoms with E-state index in [2.05, 4.69) is 16.0 Å². The van der Waals surface area contributed by atoms with Crippen LogP contribution in [0.5, 0.6) is 0 Å². The van der Waals surface area contributed by atoms with Gasteiger partial charge in [-0.1, -0.05) is 30.3 Å². The smallest absolute Gasteiger partial charge is 0.207 e. The number of aliphatic imine (C=N–C) groups is 1. The summed E-state index contributed by atoms with van der Waals surface area (Å²) in [4.78, 5) is 10.1. The fourth-order valence-corrected chi connectivity index (χ4v) is 2.97. The third-order valence-electron chi connectivity index (χ3n) is 4.30. The Morgan fingerprint density at radius 1 is 1.11 bits per heavy atom. The maximum absolute atomic E-state index is 13.2. The average Bonchev–Trinajstić information content (AvgIpc) is 2.69. The maximum Gasteiger partial charge on any atom is 0.207 e. The molecule has 0 aliphatic heterocycles. The summed E-state index contributed by atoms with van der Waals surface area (Å²) in [6.07, 6.45) is 5.98. The van der Waals surface area contributed by atoms with E-state index in [9.17, 15) is 4.39 Å². The summed E-state index contributed by atoms with van der Waals surface area (Å²) < 4.78 is 13.2. The van der Waals surface area contributed by atoms with E-state index in [1.165, 1.54) is 12.1 Å². The van der Waals surface area contributed by atoms with Crippen LogP contribution < -0.4 is 5.73 Å². The average molecular weight is 361 g/mol. The first-order valence-corrected chi connectivity index (χ1v) is 8.67. The van der Waals surface area contributed by atoms with E-state index in [0.717, 1.165) is 21.9 Å². The van der Waals surface area contributed by atoms with Crippen LogP contribution >= 0.6 is 0 Å². The van der Waals surface area contributed by atoms with Gasteiger partial charge < -0.3 is 10.6 Å². The lowest BCUT2D eigenvalue weighted by Crippen LogP contribution is -2.36. The van der Waals surface area contributed by atoms with E-state index in [4.69, 9.17) is 11.0 Å². The number of fused-ring (bicyclic) bond motifs is 1. The van der Waals surface area contributed by atoms with Gasteiger partial charge in [-0.25, -0.2) is 4.39 Å². The van der Waals surface area contributed by atoms with Crippen molar-refractivity contribution in [2.45, 2.75) is 13.0 Å². The van der Waals surface area contributed by atoms with Crippen LogP contribution in [-0.4, -0.2) is 28.8 Å². The molecular formula is C21H20FN5. The number of pyridine rings is 1. The zero-order valence-corrected chi connectivity index (χ0v) is 14.8. The molecule has 0 aliphatic rings. The van der Waals surface area contributed by atoms with Gasteiger partial charge in [-0.05, 0) is 34.7 Å². The van der Waals surface area contributed by atoms with E-state index in [1.807, 2.05) is 35.5 Å². The fourth-order valence-electron chi connectivity index (χ4n) is 2.97. The predicted octanol–water partition coefficient (Wildman–Crippen LogP) is 3.26. The monoisotopic (exact) mass is 361 g/mol. The molecule has 0 atom stereocenters. The first-order valence-electron chi connectivity index (χ1n) is 8.67. The first-order chi connectivity index (χ1) is 13.2. The zero-order valence-electron chi connectivity index (χ0n) is 14.8. The molecule has 1 aromatic heterocycles. The number of rotatable bonds is 6. The minimum Gasteiger partial charge on any atom is -0.353 e. The lowest BCUT2D eigenvalue weighted by atomic mass is 10.1. The molecule has 0 spiro atoms. The molecule has 0 radical (unpaired) electrons. The number of nitrogens with two attached hydrogens (primary N) is 1. The van der Waals surface area contributed by atoms with Crippen molar-refractivity contribution in [3.63, 3.8) is 0 Å². The van der Waals surface area contributed by atoms with Gasteiger partial charge in [0, 0.05) is 43.8 Å². The normalized spacial score (nSPS) is 11.4. The second-order valence-electron chi connectivity index (χ2n) is 6.20. The maximum atomic E-state index is 13.2. The molecule has 0 unspecified atom stereocenters. The molecule has 5 nitrogen and oxygen atoms in total. The van der Waals surface area contributed by atoms with Gasteiger partial charge in [-0.2, -0.15) is 10.3 Å². The van der Waals surface area contributed by atoms with E-state index in [1.54, 1.807) is 18.3 Å². The van der Waals surface area contributed by atoms with Gasteiger partial charge in [0.15, 0.2) is 0 Å². The van der Waals surface area contributed by atoms with Gasteiger partial charge >= 0.3 is 0 Å². The summed E-state index contributed by atoms with van der Waals surface area (Å²) in [7, 11) is 0. The molecule has 2 aromatic carbocycles. The summed E-state index contributed by atoms with van der Waals surface area (Å²) >= 11 is 0. The van der Waals surface area contributed by atoms with Crippen molar-refractivity contribution < 1.29 is 4.39 Å². The molecule has 27 heavy (non-hydrogen) atoms. The summed E-state index contributed by atoms with van der Waals surface area (Å²) in [5, 5.41) is 11.3. The highest BCUT2D eigenvalue weighted by Gasteiger charge is 2.13. The van der Waals surface area contributed by atoms with Gasteiger partial charge in [-0.15, -0.1) is 0 Å². The van der Waals surface area contributed by atoms with Gasteiger partial charge in [-0.3, -0.25) is 4.98 Å². The van der Waals surface area contributed by atoms with Crippen molar-refractivity contribution in [2.75, 3.05) is 13.1 Å². The number of hydrogen-bond donors (Lipinski definition) is 1. The Hall–Kier alpha value is -3.30. The van der Waals surface area contributed by atoms with Crippen molar-refractivity contribution in [3.05, 3.63) is 77.9 Å². The van der Waals surface area contributed by atoms with Crippen LogP contribution in [0.15, 0.2) is 65.9 Å². The van der Waals surface area contributed by atoms with Crippen LogP contribution in [0.1, 0.15) is 11.1 Å². The predicted molar refractivity (Wildman–Crippen MR) is 104 cm³/mol. The van der Waals surface area contributed by atoms with Gasteiger partial charge in [0.05, 0.1) is 0 Å². The largest absolute Gasteiger partial charge is 0.353 e. The molecule has 0 fully saturated rings. The van der Waals surface area contributed by atoms with Crippen molar-refractivity contribution in [1.29, 1.82) is 5.26 Å². The highest BCUT2D eigenvalue weighted by atomic mass is 19.1. The molecule has 0 bridgehead atoms. The minimum atomic E-state index is -0.277. The van der Waals surface area contributed by atoms with Gasteiger partial charge in [0.2, 0.25) is 6.19 Å². The highest BCUT2D eigenvalue weighted by molar-refractivity contribution is 5.88. The summed E-state index contributed by atoms with van der Waals surface area (Å²) in [6, 6.07) is 14.4. The summed E-state index contributed by atoms with van der Waals surface area (Å²) in [6.45, 7) is 1.49. The fraction of sp³-hybridized carbons (Fsp3) is 0.190. The number of hydrogen-bond acceptors (Lipinski definition) is 4. The summed E-state index contributed by atoms with van der Waals surface area (Å²) in [5.74, 6) is 0.362. The van der Waals surface area contributed by atoms with Crippen LogP contribution in [0.4, 0.5) is 4.39 Å². The lowest BCUT2D eigenvalue weighted by Gasteiger charge is -2.25. The molecular weight excluding hydrogens is 341 g/mol. The van der Waals surface area contributed by atoms with Crippen molar-refractivity contribution in [3.8, 4) is 6.19 Å². The molecule has 0 saturated carbocycles. The molecule has 6 heteroatoms. The second kappa shape index (κ2) is 8.88. The number of nitriles is 1. The molecule has 0 amide bonds. The standard InChI is InChI=1S/C21H20FN5/c22-20-5-2-16(3-6-20)14-27(10-8-23)21(26-15-24)12-17-1-4-19-13-25-9-7-18(19)11-17/h1-7,9,11,13H,8,10,12,14,23H2. The van der Waals surface area contributed by atoms with Crippen LogP contribution in [0.25, 0.3) is 10.8 Å². The van der Waals surface area contributed by atoms with Gasteiger partial charge in [0.1, 0.15) is 11.7 Å². The molecule has 2 N–H and O–H groups in total. The van der Waals surface area contributed by atoms with E-state index < -0.39 is 0 Å². The topological polar surface area (TPSA) is 78.3 Å². The number of amidine groups is 1. The molecule has 1 heterocycles. The van der Waals surface area contributed by atoms with E-state index in [0.29, 0.717) is 31.9 Å². The Balaban J connectivity index is 1.85. The van der Waals surface area contributed by atoms with E-state index >= 15 is 0 Å². The van der Waals surface area contributed by atoms with Crippen molar-refractivity contribution in [2.24, 2.45) is 10.7 Å². The number of aromatic nitrogens is 1. The Labute approximate surface area is 157 Å². The molecule has 3 aromatic rings. The Morgan fingerprint density at radius 2 is 1.89 bits per heavy atom. The van der Waals surface area contributed by atoms with Crippen LogP contribution in [0.3, 0.4) is 0 Å². The molecule has 0 saturated heterocycles. The highest BCUT2D eigenvalue weighted by Crippen LogP contribution is 2.17. The number of nitrogens with zero attached hydrogens (tertiary/aromatic N) is 4. The van der Waals surface area contributed by atoms with Crippen LogP contribution in [0, 0.1) is 17.3 Å². The SMILES string of the molecule is N#CN=C(Cc1ccc2cnccc2c1)N(CCN)Cc1ccc(F)cc1. The van der Waals surface area contributed by atoms with E-state index in [-0.39, 0.29) is 5.82 Å². The van der Waals surface area contributed by atoms with Gasteiger partial charge in [0.25, 0.3) is 0 Å². The number of benzene rings is 2. The quantitative estimate of drug-likeness (QED) is 0.415. The Bertz CT molecular complexity index is 976. The van der Waals surface area contributed by atoms with Crippen molar-refractivity contribution >= 4 is 16.6 Å². The first kappa shape index (κ1) is 18.5. The Morgan fingerprint density at radius 3 is 2.63 bits per heavy atom. The van der Waals surface area contributed by atoms with Crippen LogP contribution in [0.2, 0.25) is 0 Å². The minimum absolute atomic E-state index is 0.277. The van der Waals surface area contributed by atoms with Crippen molar-refractivity contribution in [1.82, 2.24) is 9.88 Å². The third-order valence-corrected chi connectivity index (χ3v) is 4.30. The second-order valence-corrected chi connectivity index (χ2v) is 6.20. The molecule has 136 valence electrons. The summed E-state index contributed by atoms with van der Waals surface area (Å²) in [5.41, 5.74) is 7.74. The molecule has 3 rings (SSSR count). The van der Waals surface area contributed by atoms with Crippen LogP contribution in [-0.2, 0) is 13.0 Å². The zero-order chi connectivity index (χ0) is 19.1. The lowest BCUT2D eigenvalue weighted by molar-refractivity contribution is 0.416. The third kappa shape index (κ3) is 4.87. The Kier molecular flexibility index (Phi) is 6.08.